The van der Waals surface area contributed by atoms with Crippen LogP contribution >= 0.6 is 0 Å². The molecule has 0 aliphatic rings. The number of pyridine rings is 1. The van der Waals surface area contributed by atoms with Gasteiger partial charge in [0, 0.05) is 12.2 Å². The quantitative estimate of drug-likeness (QED) is 0.728. The molecule has 1 amide bonds. The summed E-state index contributed by atoms with van der Waals surface area (Å²) in [6.07, 6.45) is 1.52. The summed E-state index contributed by atoms with van der Waals surface area (Å²) in [6, 6.07) is 2.73. The summed E-state index contributed by atoms with van der Waals surface area (Å²) in [5.74, 6) is -1.68. The molecule has 0 saturated heterocycles. The molecule has 0 bridgehead atoms. The average molecular weight is 250 g/mol. The second kappa shape index (κ2) is 5.81. The van der Waals surface area contributed by atoms with E-state index in [1.54, 1.807) is 6.92 Å². The summed E-state index contributed by atoms with van der Waals surface area (Å²) in [7, 11) is 0. The lowest BCUT2D eigenvalue weighted by molar-refractivity contribution is -0.121. The number of carbonyl (C=O) groups is 2. The van der Waals surface area contributed by atoms with Gasteiger partial charge in [-0.05, 0) is 19.1 Å². The fourth-order valence-electron chi connectivity index (χ4n) is 1.42. The number of carbonyl (C=O) groups excluding carboxylic acids is 1. The second-order valence-corrected chi connectivity index (χ2v) is 3.68. The van der Waals surface area contributed by atoms with Gasteiger partial charge in [0.25, 0.3) is 5.56 Å². The molecule has 1 aromatic rings. The molecule has 1 rings (SSSR count). The van der Waals surface area contributed by atoms with Crippen LogP contribution in [-0.4, -0.2) is 28.1 Å². The van der Waals surface area contributed by atoms with E-state index in [9.17, 15) is 14.4 Å². The molecule has 2 N–H and O–H groups in total. The van der Waals surface area contributed by atoms with Crippen molar-refractivity contribution < 1.29 is 14.7 Å². The summed E-state index contributed by atoms with van der Waals surface area (Å²) < 4.78 is 1.13. The lowest BCUT2D eigenvalue weighted by Crippen LogP contribution is -2.35. The molecule has 0 aliphatic carbocycles. The van der Waals surface area contributed by atoms with Crippen molar-refractivity contribution in [1.82, 2.24) is 9.88 Å². The molecule has 1 aromatic heterocycles. The lowest BCUT2D eigenvalue weighted by atomic mass is 10.2. The maximum absolute atomic E-state index is 11.8. The number of nitrogens with zero attached hydrogens (tertiary/aromatic N) is 1. The van der Waals surface area contributed by atoms with Gasteiger partial charge in [-0.3, -0.25) is 9.59 Å². The largest absolute Gasteiger partial charge is 0.477 e. The van der Waals surface area contributed by atoms with Crippen molar-refractivity contribution in [3.05, 3.63) is 46.4 Å². The molecule has 1 heterocycles. The summed E-state index contributed by atoms with van der Waals surface area (Å²) in [6.45, 7) is 5.17. The van der Waals surface area contributed by atoms with Crippen LogP contribution in [0.3, 0.4) is 0 Å². The fraction of sp³-hybridized carbons (Fsp3) is 0.250. The van der Waals surface area contributed by atoms with E-state index in [0.29, 0.717) is 12.2 Å². The smallest absolute Gasteiger partial charge is 0.341 e. The molecule has 0 fully saturated rings. The van der Waals surface area contributed by atoms with Crippen LogP contribution < -0.4 is 10.9 Å². The van der Waals surface area contributed by atoms with Crippen LogP contribution in [-0.2, 0) is 11.3 Å². The van der Waals surface area contributed by atoms with Gasteiger partial charge < -0.3 is 15.0 Å². The molecular weight excluding hydrogens is 236 g/mol. The van der Waals surface area contributed by atoms with E-state index in [-0.39, 0.29) is 18.0 Å². The Morgan fingerprint density at radius 3 is 2.72 bits per heavy atom. The highest BCUT2D eigenvalue weighted by Gasteiger charge is 2.14. The van der Waals surface area contributed by atoms with Crippen LogP contribution in [0.5, 0.6) is 0 Å². The molecule has 96 valence electrons. The van der Waals surface area contributed by atoms with Gasteiger partial charge in [0.05, 0.1) is 0 Å². The fourth-order valence-corrected chi connectivity index (χ4v) is 1.42. The molecular formula is C12H14N2O4. The second-order valence-electron chi connectivity index (χ2n) is 3.68. The maximum Gasteiger partial charge on any atom is 0.341 e. The molecule has 0 unspecified atom stereocenters. The van der Waals surface area contributed by atoms with Crippen LogP contribution in [0.1, 0.15) is 16.1 Å². The highest BCUT2D eigenvalue weighted by Crippen LogP contribution is 1.98. The van der Waals surface area contributed by atoms with Crippen LogP contribution in [0.4, 0.5) is 0 Å². The molecule has 6 heteroatoms. The average Bonchev–Trinajstić information content (AvgIpc) is 2.31. The standard InChI is InChI=1S/C12H14N2O4/c1-3-6-13-10(15)7-14-8(2)4-5-9(11(14)16)12(17)18/h3-5H,1,6-7H2,2H3,(H,13,15)(H,17,18). The molecule has 6 nitrogen and oxygen atoms in total. The third-order valence-corrected chi connectivity index (χ3v) is 2.37. The molecule has 0 aromatic carbocycles. The minimum Gasteiger partial charge on any atom is -0.477 e. The zero-order valence-corrected chi connectivity index (χ0v) is 9.97. The number of aromatic carboxylic acids is 1. The first kappa shape index (κ1) is 13.7. The van der Waals surface area contributed by atoms with E-state index in [0.717, 1.165) is 4.57 Å². The number of nitrogens with one attached hydrogen (secondary N) is 1. The van der Waals surface area contributed by atoms with Crippen LogP contribution in [0.2, 0.25) is 0 Å². The van der Waals surface area contributed by atoms with Gasteiger partial charge in [-0.15, -0.1) is 6.58 Å². The van der Waals surface area contributed by atoms with Crippen molar-refractivity contribution >= 4 is 11.9 Å². The number of carboxylic acids is 1. The molecule has 18 heavy (non-hydrogen) atoms. The van der Waals surface area contributed by atoms with E-state index < -0.39 is 11.5 Å². The number of amides is 1. The predicted octanol–water partition coefficient (Wildman–Crippen LogP) is 0.157. The third kappa shape index (κ3) is 3.07. The van der Waals surface area contributed by atoms with Crippen LogP contribution in [0, 0.1) is 6.92 Å². The topological polar surface area (TPSA) is 88.4 Å². The van der Waals surface area contributed by atoms with Gasteiger partial charge in [-0.2, -0.15) is 0 Å². The minimum absolute atomic E-state index is 0.209. The maximum atomic E-state index is 11.8. The van der Waals surface area contributed by atoms with Gasteiger partial charge in [0.2, 0.25) is 5.91 Å². The molecule has 0 spiro atoms. The summed E-state index contributed by atoms with van der Waals surface area (Å²) in [5.41, 5.74) is -0.507. The van der Waals surface area contributed by atoms with Crippen molar-refractivity contribution in [2.45, 2.75) is 13.5 Å². The Morgan fingerprint density at radius 1 is 1.50 bits per heavy atom. The first-order chi connectivity index (χ1) is 8.47. The first-order valence-electron chi connectivity index (χ1n) is 5.28. The zero-order valence-electron chi connectivity index (χ0n) is 9.97. The number of hydrogen-bond acceptors (Lipinski definition) is 3. The Balaban J connectivity index is 3.05. The Morgan fingerprint density at radius 2 is 2.17 bits per heavy atom. The highest BCUT2D eigenvalue weighted by atomic mass is 16.4. The molecule has 0 atom stereocenters. The van der Waals surface area contributed by atoms with Gasteiger partial charge >= 0.3 is 5.97 Å². The summed E-state index contributed by atoms with van der Waals surface area (Å²) >= 11 is 0. The summed E-state index contributed by atoms with van der Waals surface area (Å²) in [4.78, 5) is 34.1. The van der Waals surface area contributed by atoms with E-state index in [1.807, 2.05) is 0 Å². The summed E-state index contributed by atoms with van der Waals surface area (Å²) in [5, 5.41) is 11.3. The van der Waals surface area contributed by atoms with Gasteiger partial charge in [0.1, 0.15) is 12.1 Å². The van der Waals surface area contributed by atoms with E-state index in [1.165, 1.54) is 18.2 Å². The van der Waals surface area contributed by atoms with Crippen molar-refractivity contribution in [3.8, 4) is 0 Å². The third-order valence-electron chi connectivity index (χ3n) is 2.37. The van der Waals surface area contributed by atoms with Crippen molar-refractivity contribution in [2.75, 3.05) is 6.54 Å². The van der Waals surface area contributed by atoms with Gasteiger partial charge in [-0.1, -0.05) is 6.08 Å². The van der Waals surface area contributed by atoms with Crippen molar-refractivity contribution in [3.63, 3.8) is 0 Å². The molecule has 0 radical (unpaired) electrons. The van der Waals surface area contributed by atoms with Gasteiger partial charge in [0.15, 0.2) is 0 Å². The Bertz CT molecular complexity index is 545. The normalized spacial score (nSPS) is 9.83. The number of hydrogen-bond donors (Lipinski definition) is 2. The zero-order chi connectivity index (χ0) is 13.7. The Hall–Kier alpha value is -2.37. The number of aromatic nitrogens is 1. The number of rotatable bonds is 5. The van der Waals surface area contributed by atoms with Crippen molar-refractivity contribution in [1.29, 1.82) is 0 Å². The molecule has 0 saturated carbocycles. The lowest BCUT2D eigenvalue weighted by Gasteiger charge is -2.10. The minimum atomic E-state index is -1.31. The Labute approximate surface area is 104 Å². The highest BCUT2D eigenvalue weighted by molar-refractivity contribution is 5.87. The SMILES string of the molecule is C=CCNC(=O)Cn1c(C)ccc(C(=O)O)c1=O. The first-order valence-corrected chi connectivity index (χ1v) is 5.28. The van der Waals surface area contributed by atoms with E-state index in [4.69, 9.17) is 5.11 Å². The predicted molar refractivity (Wildman–Crippen MR) is 65.6 cm³/mol. The Kier molecular flexibility index (Phi) is 4.42. The van der Waals surface area contributed by atoms with E-state index in [2.05, 4.69) is 11.9 Å². The molecule has 0 aliphatic heterocycles. The van der Waals surface area contributed by atoms with Crippen LogP contribution in [0.25, 0.3) is 0 Å². The number of carboxylic acid groups (broad SMARTS) is 1. The van der Waals surface area contributed by atoms with Crippen LogP contribution in [0.15, 0.2) is 29.6 Å². The van der Waals surface area contributed by atoms with E-state index >= 15 is 0 Å². The number of aryl methyl sites for hydroxylation is 1. The van der Waals surface area contributed by atoms with Crippen molar-refractivity contribution in [2.24, 2.45) is 0 Å². The monoisotopic (exact) mass is 250 g/mol. The van der Waals surface area contributed by atoms with Gasteiger partial charge in [-0.25, -0.2) is 4.79 Å².